The summed E-state index contributed by atoms with van der Waals surface area (Å²) in [6, 6.07) is 5.50. The lowest BCUT2D eigenvalue weighted by Crippen LogP contribution is -2.24. The number of benzene rings is 1. The molecule has 1 fully saturated rings. The number of hydrogen-bond acceptors (Lipinski definition) is 3. The molecule has 4 heteroatoms. The van der Waals surface area contributed by atoms with Gasteiger partial charge in [-0.25, -0.2) is 0 Å². The summed E-state index contributed by atoms with van der Waals surface area (Å²) in [6.45, 7) is 4.78. The normalized spacial score (nSPS) is 24.3. The second kappa shape index (κ2) is 7.11. The van der Waals surface area contributed by atoms with Gasteiger partial charge in [-0.05, 0) is 43.9 Å². The topological polar surface area (TPSA) is 52.3 Å². The number of nitrogens with two attached hydrogens (primary N) is 1. The van der Waals surface area contributed by atoms with Crippen molar-refractivity contribution < 1.29 is 8.95 Å². The molecule has 3 unspecified atom stereocenters. The Morgan fingerprint density at radius 3 is 2.85 bits per heavy atom. The van der Waals surface area contributed by atoms with Crippen LogP contribution >= 0.6 is 0 Å². The second-order valence-electron chi connectivity index (χ2n) is 5.49. The monoisotopic (exact) mass is 295 g/mol. The van der Waals surface area contributed by atoms with Crippen molar-refractivity contribution in [1.82, 2.24) is 0 Å². The van der Waals surface area contributed by atoms with Gasteiger partial charge in [-0.2, -0.15) is 0 Å². The van der Waals surface area contributed by atoms with Crippen LogP contribution < -0.4 is 10.5 Å². The van der Waals surface area contributed by atoms with E-state index in [1.54, 1.807) is 6.07 Å². The summed E-state index contributed by atoms with van der Waals surface area (Å²) in [5, 5.41) is 0.243. The molecule has 3 atom stereocenters. The molecular formula is C16H25NO2S. The number of nitrogen functional groups attached to an aromatic ring is 1. The SMILES string of the molecule is CCOc1ccc(N)c(S(=O)C2CCCC(CC)C2)c1. The molecular weight excluding hydrogens is 270 g/mol. The van der Waals surface area contributed by atoms with Crippen molar-refractivity contribution in [1.29, 1.82) is 0 Å². The van der Waals surface area contributed by atoms with Gasteiger partial charge in [0.15, 0.2) is 0 Å². The summed E-state index contributed by atoms with van der Waals surface area (Å²) >= 11 is 0. The lowest BCUT2D eigenvalue weighted by Gasteiger charge is -2.28. The zero-order valence-electron chi connectivity index (χ0n) is 12.4. The molecule has 2 N–H and O–H groups in total. The average molecular weight is 295 g/mol. The Hall–Kier alpha value is -1.03. The van der Waals surface area contributed by atoms with Crippen molar-refractivity contribution in [3.05, 3.63) is 18.2 Å². The van der Waals surface area contributed by atoms with Gasteiger partial charge in [0.25, 0.3) is 0 Å². The van der Waals surface area contributed by atoms with E-state index in [-0.39, 0.29) is 5.25 Å². The van der Waals surface area contributed by atoms with Gasteiger partial charge in [0.1, 0.15) is 5.75 Å². The molecule has 0 aliphatic heterocycles. The van der Waals surface area contributed by atoms with E-state index in [9.17, 15) is 4.21 Å². The van der Waals surface area contributed by atoms with E-state index < -0.39 is 10.8 Å². The molecule has 1 aromatic rings. The molecule has 1 aromatic carbocycles. The Morgan fingerprint density at radius 1 is 1.35 bits per heavy atom. The summed E-state index contributed by atoms with van der Waals surface area (Å²) in [7, 11) is -1.02. The maximum Gasteiger partial charge on any atom is 0.120 e. The standard InChI is InChI=1S/C16H25NO2S/c1-3-12-6-5-7-14(10-12)20(18)16-11-13(19-4-2)8-9-15(16)17/h8-9,11-12,14H,3-7,10,17H2,1-2H3. The third kappa shape index (κ3) is 3.54. The second-order valence-corrected chi connectivity index (χ2v) is 7.19. The number of ether oxygens (including phenoxy) is 1. The van der Waals surface area contributed by atoms with E-state index >= 15 is 0 Å². The zero-order chi connectivity index (χ0) is 14.5. The molecule has 0 spiro atoms. The largest absolute Gasteiger partial charge is 0.494 e. The lowest BCUT2D eigenvalue weighted by atomic mass is 9.87. The molecule has 0 bridgehead atoms. The van der Waals surface area contributed by atoms with Crippen molar-refractivity contribution in [3.8, 4) is 5.75 Å². The molecule has 2 rings (SSSR count). The van der Waals surface area contributed by atoms with Crippen LogP contribution in [0.1, 0.15) is 46.0 Å². The highest BCUT2D eigenvalue weighted by Gasteiger charge is 2.27. The van der Waals surface area contributed by atoms with Crippen molar-refractivity contribution >= 4 is 16.5 Å². The van der Waals surface area contributed by atoms with Crippen LogP contribution in [0.5, 0.6) is 5.75 Å². The molecule has 0 heterocycles. The average Bonchev–Trinajstić information content (AvgIpc) is 2.49. The number of rotatable bonds is 5. The summed E-state index contributed by atoms with van der Waals surface area (Å²) in [6.07, 6.45) is 5.74. The van der Waals surface area contributed by atoms with E-state index in [0.29, 0.717) is 18.2 Å². The maximum absolute atomic E-state index is 12.8. The highest BCUT2D eigenvalue weighted by Crippen LogP contribution is 2.34. The minimum absolute atomic E-state index is 0.243. The highest BCUT2D eigenvalue weighted by molar-refractivity contribution is 7.85. The Bertz CT molecular complexity index is 476. The van der Waals surface area contributed by atoms with Gasteiger partial charge in [-0.15, -0.1) is 0 Å². The van der Waals surface area contributed by atoms with Crippen LogP contribution in [0.15, 0.2) is 23.1 Å². The van der Waals surface area contributed by atoms with Gasteiger partial charge >= 0.3 is 0 Å². The molecule has 0 amide bonds. The van der Waals surface area contributed by atoms with Crippen LogP contribution in [0.2, 0.25) is 0 Å². The van der Waals surface area contributed by atoms with Crippen molar-refractivity contribution in [3.63, 3.8) is 0 Å². The molecule has 20 heavy (non-hydrogen) atoms. The minimum Gasteiger partial charge on any atom is -0.494 e. The van der Waals surface area contributed by atoms with Crippen LogP contribution in [0.3, 0.4) is 0 Å². The molecule has 112 valence electrons. The fraction of sp³-hybridized carbons (Fsp3) is 0.625. The van der Waals surface area contributed by atoms with Gasteiger partial charge in [0, 0.05) is 10.9 Å². The van der Waals surface area contributed by atoms with E-state index in [1.165, 1.54) is 19.3 Å². The third-order valence-electron chi connectivity index (χ3n) is 4.13. The first-order valence-electron chi connectivity index (χ1n) is 7.58. The van der Waals surface area contributed by atoms with Crippen molar-refractivity contribution in [2.45, 2.75) is 56.1 Å². The van der Waals surface area contributed by atoms with Gasteiger partial charge in [0.2, 0.25) is 0 Å². The first kappa shape index (κ1) is 15.4. The molecule has 0 aromatic heterocycles. The zero-order valence-corrected chi connectivity index (χ0v) is 13.2. The molecule has 1 saturated carbocycles. The van der Waals surface area contributed by atoms with Gasteiger partial charge in [-0.3, -0.25) is 4.21 Å². The number of hydrogen-bond donors (Lipinski definition) is 1. The van der Waals surface area contributed by atoms with E-state index in [1.807, 2.05) is 19.1 Å². The van der Waals surface area contributed by atoms with Crippen molar-refractivity contribution in [2.75, 3.05) is 12.3 Å². The minimum atomic E-state index is -1.02. The number of anilines is 1. The smallest absolute Gasteiger partial charge is 0.120 e. The summed E-state index contributed by atoms with van der Waals surface area (Å²) in [5.74, 6) is 1.47. The fourth-order valence-corrected chi connectivity index (χ4v) is 4.65. The van der Waals surface area contributed by atoms with Crippen molar-refractivity contribution in [2.24, 2.45) is 5.92 Å². The van der Waals surface area contributed by atoms with Gasteiger partial charge in [0.05, 0.1) is 22.3 Å². The van der Waals surface area contributed by atoms with Crippen LogP contribution in [0.25, 0.3) is 0 Å². The lowest BCUT2D eigenvalue weighted by molar-refractivity contribution is 0.339. The molecule has 3 nitrogen and oxygen atoms in total. The predicted octanol–water partition coefficient (Wildman–Crippen LogP) is 3.74. The maximum atomic E-state index is 12.8. The summed E-state index contributed by atoms with van der Waals surface area (Å²) < 4.78 is 18.3. The molecule has 0 saturated heterocycles. The summed E-state index contributed by atoms with van der Waals surface area (Å²) in [5.41, 5.74) is 6.63. The van der Waals surface area contributed by atoms with Crippen LogP contribution in [-0.2, 0) is 10.8 Å². The fourth-order valence-electron chi connectivity index (χ4n) is 2.93. The molecule has 0 radical (unpaired) electrons. The Labute approximate surface area is 124 Å². The van der Waals surface area contributed by atoms with Crippen LogP contribution in [-0.4, -0.2) is 16.1 Å². The third-order valence-corrected chi connectivity index (χ3v) is 5.95. The molecule has 1 aliphatic carbocycles. The summed E-state index contributed by atoms with van der Waals surface area (Å²) in [4.78, 5) is 0.748. The molecule has 1 aliphatic rings. The van der Waals surface area contributed by atoms with E-state index in [4.69, 9.17) is 10.5 Å². The Morgan fingerprint density at radius 2 is 2.15 bits per heavy atom. The van der Waals surface area contributed by atoms with Gasteiger partial charge in [-0.1, -0.05) is 26.2 Å². The predicted molar refractivity (Wildman–Crippen MR) is 84.5 cm³/mol. The van der Waals surface area contributed by atoms with E-state index in [2.05, 4.69) is 6.92 Å². The highest BCUT2D eigenvalue weighted by atomic mass is 32.2. The Kier molecular flexibility index (Phi) is 5.46. The van der Waals surface area contributed by atoms with Crippen LogP contribution in [0, 0.1) is 5.92 Å². The first-order chi connectivity index (χ1) is 9.65. The van der Waals surface area contributed by atoms with E-state index in [0.717, 1.165) is 23.5 Å². The Balaban J connectivity index is 2.17. The van der Waals surface area contributed by atoms with Crippen LogP contribution in [0.4, 0.5) is 5.69 Å². The van der Waals surface area contributed by atoms with Gasteiger partial charge < -0.3 is 10.5 Å². The quantitative estimate of drug-likeness (QED) is 0.842. The first-order valence-corrected chi connectivity index (χ1v) is 8.79.